The van der Waals surface area contributed by atoms with Gasteiger partial charge in [0.2, 0.25) is 0 Å². The Morgan fingerprint density at radius 2 is 0.913 bits per heavy atom. The molecule has 0 bridgehead atoms. The first-order valence-corrected chi connectivity index (χ1v) is 10.2. The molecule has 6 radical (unpaired) electrons. The molecule has 0 saturated heterocycles. The number of rotatable bonds is 3. The summed E-state index contributed by atoms with van der Waals surface area (Å²) in [5.41, 5.74) is 0. The molecule has 23 heavy (non-hydrogen) atoms. The summed E-state index contributed by atoms with van der Waals surface area (Å²) in [7, 11) is 1.95. The van der Waals surface area contributed by atoms with Gasteiger partial charge in [-0.1, -0.05) is 49.0 Å². The zero-order valence-corrected chi connectivity index (χ0v) is 28.6. The fourth-order valence-corrected chi connectivity index (χ4v) is 0.666. The van der Waals surface area contributed by atoms with Crippen LogP contribution in [-0.2, 0) is 175 Å². The summed E-state index contributed by atoms with van der Waals surface area (Å²) < 4.78 is 2.67. The van der Waals surface area contributed by atoms with Crippen molar-refractivity contribution in [2.45, 2.75) is 55.9 Å². The normalized spacial score (nSPS) is 3.83. The molecule has 0 aliphatic heterocycles. The van der Waals surface area contributed by atoms with Crippen LogP contribution in [0.5, 0.6) is 0 Å². The quantitative estimate of drug-likeness (QED) is 0.475. The minimum atomic E-state index is 0. The third kappa shape index (κ3) is 114. The van der Waals surface area contributed by atoms with Gasteiger partial charge in [0.15, 0.2) is 0 Å². The molecule has 0 atom stereocenters. The van der Waals surface area contributed by atoms with E-state index in [1.165, 1.54) is 8.45 Å². The zero-order chi connectivity index (χ0) is 14.6. The summed E-state index contributed by atoms with van der Waals surface area (Å²) in [4.78, 5) is 0. The molecule has 0 unspecified atom stereocenters. The molecule has 0 spiro atoms. The van der Waals surface area contributed by atoms with Gasteiger partial charge in [0.25, 0.3) is 0 Å². The van der Waals surface area contributed by atoms with Crippen molar-refractivity contribution in [2.75, 3.05) is 13.6 Å². The number of hydrogen-bond acceptors (Lipinski definition) is 1. The first kappa shape index (κ1) is 79.1. The van der Waals surface area contributed by atoms with Gasteiger partial charge in [-0.2, -0.15) is 0 Å². The minimum absolute atomic E-state index is 0. The molecule has 1 nitrogen and oxygen atoms in total. The van der Waals surface area contributed by atoms with Crippen molar-refractivity contribution in [3.8, 4) is 0 Å². The average Bonchev–Trinajstić information content (AvgIpc) is 2.39. The van der Waals surface area contributed by atoms with Gasteiger partial charge < -0.3 is 0 Å². The molecule has 0 heterocycles. The van der Waals surface area contributed by atoms with E-state index in [4.69, 9.17) is 0 Å². The third-order valence-corrected chi connectivity index (χ3v) is 2.40. The predicted octanol–water partition coefficient (Wildman–Crippen LogP) is 3.60. The second kappa shape index (κ2) is 106. The van der Waals surface area contributed by atoms with Gasteiger partial charge in [-0.15, -0.1) is 0 Å². The molecule has 136 valence electrons. The van der Waals surface area contributed by atoms with E-state index in [2.05, 4.69) is 75.5 Å². The fraction of sp³-hybridized carbons (Fsp3) is 0.833. The van der Waals surface area contributed by atoms with Crippen LogP contribution in [0.25, 0.3) is 0 Å². The van der Waals surface area contributed by atoms with Gasteiger partial charge in [0.1, 0.15) is 0 Å². The van der Waals surface area contributed by atoms with Crippen LogP contribution in [0.15, 0.2) is 0 Å². The van der Waals surface area contributed by atoms with Crippen molar-refractivity contribution in [3.05, 3.63) is 0 Å². The maximum atomic E-state index is 3.07. The van der Waals surface area contributed by atoms with E-state index >= 15 is 0 Å². The number of nitrogens with one attached hydrogen (secondary N) is 1. The Kier molecular flexibility index (Phi) is 364. The van der Waals surface area contributed by atoms with E-state index in [-0.39, 0.29) is 120 Å². The summed E-state index contributed by atoms with van der Waals surface area (Å²) in [6, 6.07) is 0. The van der Waals surface area contributed by atoms with Crippen LogP contribution in [0.1, 0.15) is 57.3 Å². The SMILES string of the molecule is C.CC.CC.CC.CNC[C](=[V])[C](C)=[V].[2HH].[V].[V].[V].[V].[V].[V].[V]=[V]. The van der Waals surface area contributed by atoms with E-state index < -0.39 is 0 Å². The van der Waals surface area contributed by atoms with Gasteiger partial charge in [0, 0.05) is 113 Å². The molecule has 1 N–H and O–H groups in total. The molecule has 0 aromatic carbocycles. The summed E-state index contributed by atoms with van der Waals surface area (Å²) >= 11 is 9.59. The second-order valence-electron chi connectivity index (χ2n) is 1.56. The van der Waals surface area contributed by atoms with E-state index in [0.29, 0.717) is 0 Å². The van der Waals surface area contributed by atoms with E-state index in [9.17, 15) is 0 Å². The molecule has 0 fully saturated rings. The van der Waals surface area contributed by atoms with Gasteiger partial charge >= 0.3 is 97.5 Å². The second-order valence-corrected chi connectivity index (χ2v) is 3.45. The topological polar surface area (TPSA) is 12.0 Å². The van der Waals surface area contributed by atoms with E-state index in [0.717, 1.165) is 6.54 Å². The molecule has 0 aromatic heterocycles. The standard InChI is InChI=1S/C5H9N.3C2H6.CH4.10V.H2/c1-3-4-5-6-2;3*1-2;;;;;;;;;;;;/h6H,5H2,1-2H3;3*1-2H3;1H4;;;;;;;;;;;1H/i;;;;;;;;;;;;;;;1+1. The van der Waals surface area contributed by atoms with Crippen molar-refractivity contribution >= 4 is 8.45 Å². The maximum absolute atomic E-state index is 3.07. The predicted molar refractivity (Wildman–Crippen MR) is 72.5 cm³/mol. The van der Waals surface area contributed by atoms with Crippen LogP contribution in [0, 0.1) is 0 Å². The Balaban J connectivity index is -0.00000000619. The number of hydrogen-bond donors (Lipinski definition) is 1. The molecule has 0 amide bonds. The van der Waals surface area contributed by atoms with Crippen molar-refractivity contribution in [2.24, 2.45) is 0 Å². The summed E-state index contributed by atoms with van der Waals surface area (Å²) in [5.74, 6) is 0. The van der Waals surface area contributed by atoms with Crippen molar-refractivity contribution in [3.63, 3.8) is 0 Å². The van der Waals surface area contributed by atoms with Gasteiger partial charge in [0.05, 0.1) is 0 Å². The molecular weight excluding hydrogens is 668 g/mol. The van der Waals surface area contributed by atoms with Crippen molar-refractivity contribution < 1.29 is 176 Å². The third-order valence-electron chi connectivity index (χ3n) is 0.762. The van der Waals surface area contributed by atoms with Gasteiger partial charge in [-0.25, -0.2) is 0 Å². The summed E-state index contributed by atoms with van der Waals surface area (Å²) in [6.45, 7) is 15.1. The fourth-order valence-electron chi connectivity index (χ4n) is 0.295. The Hall–Kier alpha value is 5.54. The summed E-state index contributed by atoms with van der Waals surface area (Å²) in [6.07, 6.45) is 0. The monoisotopic (exact) mass is 702 g/mol. The Morgan fingerprint density at radius 3 is 0.957 bits per heavy atom. The van der Waals surface area contributed by atoms with Crippen LogP contribution in [0.4, 0.5) is 0 Å². The van der Waals surface area contributed by atoms with Gasteiger partial charge in [-0.05, 0) is 0 Å². The van der Waals surface area contributed by atoms with Crippen LogP contribution >= 0.6 is 0 Å². The summed E-state index contributed by atoms with van der Waals surface area (Å²) in [5, 5.41) is 3.07. The van der Waals surface area contributed by atoms with Crippen LogP contribution in [0.3, 0.4) is 0 Å². The molecule has 11 heteroatoms. The molecule has 0 saturated carbocycles. The van der Waals surface area contributed by atoms with E-state index in [1.54, 1.807) is 0 Å². The molecule has 0 aromatic rings. The van der Waals surface area contributed by atoms with E-state index in [1.807, 2.05) is 48.6 Å². The average molecular weight is 702 g/mol. The molecule has 0 aliphatic rings. The van der Waals surface area contributed by atoms with Crippen LogP contribution < -0.4 is 5.32 Å². The Labute approximate surface area is 255 Å². The Morgan fingerprint density at radius 1 is 0.739 bits per heavy atom. The van der Waals surface area contributed by atoms with Crippen LogP contribution in [0.2, 0.25) is 0 Å². The van der Waals surface area contributed by atoms with Gasteiger partial charge in [-0.3, -0.25) is 0 Å². The Bertz CT molecular complexity index is 143. The first-order valence-electron chi connectivity index (χ1n) is 5.60. The molecule has 0 rings (SSSR count). The molecule has 0 aliphatic carbocycles. The van der Waals surface area contributed by atoms with Crippen LogP contribution in [-0.4, -0.2) is 22.0 Å². The van der Waals surface area contributed by atoms with Crippen molar-refractivity contribution in [1.29, 1.82) is 0 Å². The molecular formula is C12H33NV10. The zero-order valence-electron chi connectivity index (χ0n) is 14.7. The first-order chi connectivity index (χ1) is 7.68. The van der Waals surface area contributed by atoms with Crippen molar-refractivity contribution in [1.82, 2.24) is 5.32 Å².